The largest absolute Gasteiger partial charge is 0.496 e. The molecule has 1 aromatic heterocycles. The molecule has 0 unspecified atom stereocenters. The van der Waals surface area contributed by atoms with Gasteiger partial charge >= 0.3 is 12.1 Å². The average molecular weight is 729 g/mol. The molecule has 10 nitrogen and oxygen atoms in total. The quantitative estimate of drug-likeness (QED) is 0.0854. The van der Waals surface area contributed by atoms with E-state index in [1.54, 1.807) is 7.11 Å². The normalized spacial score (nSPS) is 14.8. The number of methoxy groups -OCH3 is 1. The Morgan fingerprint density at radius 1 is 0.926 bits per heavy atom. The Kier molecular flexibility index (Phi) is 11.0. The number of hydrogen-bond acceptors (Lipinski definition) is 9. The molecule has 0 aliphatic carbocycles. The molecule has 54 heavy (non-hydrogen) atoms. The van der Waals surface area contributed by atoms with E-state index in [9.17, 15) is 14.4 Å². The highest BCUT2D eigenvalue weighted by Crippen LogP contribution is 2.36. The lowest BCUT2D eigenvalue weighted by Gasteiger charge is -2.19. The summed E-state index contributed by atoms with van der Waals surface area (Å²) in [4.78, 5) is 38.7. The molecule has 5 aromatic rings. The molecule has 1 aliphatic rings. The molecule has 2 heterocycles. The van der Waals surface area contributed by atoms with Crippen LogP contribution in [-0.2, 0) is 20.8 Å². The van der Waals surface area contributed by atoms with Crippen LogP contribution in [0.1, 0.15) is 77.9 Å². The van der Waals surface area contributed by atoms with E-state index in [1.165, 1.54) is 11.6 Å². The van der Waals surface area contributed by atoms with Gasteiger partial charge in [0.05, 0.1) is 18.2 Å². The van der Waals surface area contributed by atoms with Gasteiger partial charge in [0, 0.05) is 37.6 Å². The number of nitrogens with zero attached hydrogens (tertiary/aromatic N) is 3. The van der Waals surface area contributed by atoms with E-state index in [4.69, 9.17) is 19.3 Å². The summed E-state index contributed by atoms with van der Waals surface area (Å²) < 4.78 is 17.9. The molecule has 1 atom stereocenters. The van der Waals surface area contributed by atoms with Crippen molar-refractivity contribution in [1.29, 1.82) is 0 Å². The summed E-state index contributed by atoms with van der Waals surface area (Å²) in [7, 11) is 1.57. The van der Waals surface area contributed by atoms with Crippen LogP contribution in [0.3, 0.4) is 0 Å². The van der Waals surface area contributed by atoms with Crippen LogP contribution in [0.25, 0.3) is 34.2 Å². The molecule has 1 saturated heterocycles. The summed E-state index contributed by atoms with van der Waals surface area (Å²) >= 11 is 0. The van der Waals surface area contributed by atoms with Gasteiger partial charge < -0.3 is 19.5 Å². The van der Waals surface area contributed by atoms with Gasteiger partial charge in [-0.15, -0.1) is 5.10 Å². The first-order valence-electron chi connectivity index (χ1n) is 18.2. The Morgan fingerprint density at radius 2 is 1.65 bits per heavy atom. The first kappa shape index (κ1) is 38.0. The number of nitrogens with one attached hydrogen (secondary N) is 1. The Bertz CT molecular complexity index is 2260. The number of carbonyl (C=O) groups is 3. The fraction of sp³-hybridized carbons (Fsp3) is 0.318. The fourth-order valence-electron chi connectivity index (χ4n) is 7.00. The van der Waals surface area contributed by atoms with Gasteiger partial charge in [-0.1, -0.05) is 48.6 Å². The van der Waals surface area contributed by atoms with Gasteiger partial charge in [0.15, 0.2) is 12.1 Å². The third kappa shape index (κ3) is 8.39. The Hall–Kier alpha value is -5.74. The summed E-state index contributed by atoms with van der Waals surface area (Å²) in [6.45, 7) is 15.3. The summed E-state index contributed by atoms with van der Waals surface area (Å²) in [6, 6.07) is 22.1. The maximum Gasteiger partial charge on any atom is 0.435 e. The number of ether oxygens (including phenoxy) is 3. The van der Waals surface area contributed by atoms with Crippen molar-refractivity contribution in [2.45, 2.75) is 73.1 Å². The van der Waals surface area contributed by atoms with Crippen molar-refractivity contribution in [3.8, 4) is 16.9 Å². The summed E-state index contributed by atoms with van der Waals surface area (Å²) in [5, 5.41) is 9.11. The minimum atomic E-state index is -0.698. The summed E-state index contributed by atoms with van der Waals surface area (Å²) in [6.07, 6.45) is 5.07. The number of aldehydes is 1. The van der Waals surface area contributed by atoms with Gasteiger partial charge in [-0.25, -0.2) is 4.79 Å². The first-order valence-corrected chi connectivity index (χ1v) is 18.2. The van der Waals surface area contributed by atoms with Crippen LogP contribution in [0.4, 0.5) is 16.3 Å². The molecular formula is C44H48N4O6. The van der Waals surface area contributed by atoms with Crippen molar-refractivity contribution in [2.24, 2.45) is 0 Å². The van der Waals surface area contributed by atoms with Crippen LogP contribution < -0.4 is 10.1 Å². The lowest BCUT2D eigenvalue weighted by molar-refractivity contribution is -0.145. The van der Waals surface area contributed by atoms with Crippen LogP contribution in [0.2, 0.25) is 0 Å². The number of anilines is 2. The van der Waals surface area contributed by atoms with Crippen molar-refractivity contribution < 1.29 is 28.6 Å². The Labute approximate surface area is 316 Å². The topological polar surface area (TPSA) is 112 Å². The predicted octanol–water partition coefficient (Wildman–Crippen LogP) is 9.28. The number of esters is 1. The second-order valence-corrected chi connectivity index (χ2v) is 14.9. The van der Waals surface area contributed by atoms with Crippen molar-refractivity contribution in [1.82, 2.24) is 14.7 Å². The third-order valence-corrected chi connectivity index (χ3v) is 9.72. The number of aryl methyl sites for hydroxylation is 1. The molecule has 280 valence electrons. The summed E-state index contributed by atoms with van der Waals surface area (Å²) in [5.74, 6) is 0.821. The van der Waals surface area contributed by atoms with Gasteiger partial charge in [-0.3, -0.25) is 14.5 Å². The summed E-state index contributed by atoms with van der Waals surface area (Å²) in [5.41, 5.74) is 9.68. The van der Waals surface area contributed by atoms with Crippen LogP contribution >= 0.6 is 0 Å². The number of hydrogen-bond donors (Lipinski definition) is 1. The molecule has 0 bridgehead atoms. The zero-order valence-electron chi connectivity index (χ0n) is 32.3. The van der Waals surface area contributed by atoms with Crippen molar-refractivity contribution >= 4 is 52.9 Å². The zero-order chi connectivity index (χ0) is 38.7. The van der Waals surface area contributed by atoms with Crippen LogP contribution in [-0.4, -0.2) is 64.9 Å². The monoisotopic (exact) mass is 728 g/mol. The standard InChI is InChI=1S/C44H48N4O6/c1-27-21-34(26-49)41(52-8)23-33(27)17-16-32-11-9-12-36(28(32)2)37-13-10-14-39(29(37)3)45-42-38-22-31(24-47-20-19-35(25-47)53-30(4)50)15-18-40(38)48(46-42)43(51)54-44(5,6)7/h9-18,21-23,26,35H,19-20,24-25H2,1-8H3,(H,45,46)/b17-16+/t35-/m1/s1. The van der Waals surface area contributed by atoms with E-state index < -0.39 is 11.7 Å². The number of carbonyl (C=O) groups excluding carboxylic acids is 3. The van der Waals surface area contributed by atoms with Crippen LogP contribution in [0.15, 0.2) is 66.7 Å². The van der Waals surface area contributed by atoms with Crippen molar-refractivity contribution in [3.05, 3.63) is 106 Å². The number of aromatic nitrogens is 2. The van der Waals surface area contributed by atoms with Gasteiger partial charge in [-0.2, -0.15) is 4.68 Å². The van der Waals surface area contributed by atoms with Gasteiger partial charge in [0.25, 0.3) is 0 Å². The molecule has 4 aromatic carbocycles. The van der Waals surface area contributed by atoms with Crippen LogP contribution in [0.5, 0.6) is 5.75 Å². The molecular weight excluding hydrogens is 681 g/mol. The Morgan fingerprint density at radius 3 is 2.35 bits per heavy atom. The van der Waals surface area contributed by atoms with Gasteiger partial charge in [-0.05, 0) is 123 Å². The highest BCUT2D eigenvalue weighted by atomic mass is 16.6. The Balaban J connectivity index is 1.33. The highest BCUT2D eigenvalue weighted by molar-refractivity contribution is 5.97. The molecule has 10 heteroatoms. The minimum Gasteiger partial charge on any atom is -0.496 e. The minimum absolute atomic E-state index is 0.107. The zero-order valence-corrected chi connectivity index (χ0v) is 32.3. The molecule has 1 aliphatic heterocycles. The number of fused-ring (bicyclic) bond motifs is 1. The number of benzene rings is 4. The lowest BCUT2D eigenvalue weighted by Crippen LogP contribution is -2.27. The maximum atomic E-state index is 13.4. The second kappa shape index (κ2) is 15.7. The van der Waals surface area contributed by atoms with E-state index in [2.05, 4.69) is 60.5 Å². The van der Waals surface area contributed by atoms with E-state index in [-0.39, 0.29) is 12.1 Å². The molecule has 0 amide bonds. The van der Waals surface area contributed by atoms with Gasteiger partial charge in [0.2, 0.25) is 0 Å². The van der Waals surface area contributed by atoms with Crippen LogP contribution in [0, 0.1) is 20.8 Å². The number of rotatable bonds is 10. The third-order valence-electron chi connectivity index (χ3n) is 9.72. The van der Waals surface area contributed by atoms with E-state index in [0.29, 0.717) is 35.7 Å². The van der Waals surface area contributed by atoms with E-state index >= 15 is 0 Å². The molecule has 1 N–H and O–H groups in total. The highest BCUT2D eigenvalue weighted by Gasteiger charge is 2.26. The predicted molar refractivity (Wildman–Crippen MR) is 213 cm³/mol. The average Bonchev–Trinajstić information content (AvgIpc) is 3.71. The van der Waals surface area contributed by atoms with Crippen molar-refractivity contribution in [3.63, 3.8) is 0 Å². The van der Waals surface area contributed by atoms with E-state index in [0.717, 1.165) is 74.8 Å². The lowest BCUT2D eigenvalue weighted by atomic mass is 9.92. The molecule has 1 fully saturated rings. The SMILES string of the molecule is COc1cc(/C=C/c2cccc(-c3cccc(Nc4nn(C(=O)OC(C)(C)C)c5ccc(CN6CC[C@@H](OC(C)=O)C6)cc45)c3C)c2C)c(C)cc1C=O. The first-order chi connectivity index (χ1) is 25.7. The molecule has 6 rings (SSSR count). The smallest absolute Gasteiger partial charge is 0.435 e. The molecule has 0 saturated carbocycles. The second-order valence-electron chi connectivity index (χ2n) is 14.9. The molecule has 0 spiro atoms. The molecule has 0 radical (unpaired) electrons. The number of likely N-dealkylation sites (tertiary alicyclic amines) is 1. The van der Waals surface area contributed by atoms with E-state index in [1.807, 2.05) is 70.2 Å². The fourth-order valence-corrected chi connectivity index (χ4v) is 7.00. The van der Waals surface area contributed by atoms with Gasteiger partial charge in [0.1, 0.15) is 17.5 Å². The van der Waals surface area contributed by atoms with Crippen molar-refractivity contribution in [2.75, 3.05) is 25.5 Å². The maximum absolute atomic E-state index is 13.4.